The van der Waals surface area contributed by atoms with Crippen LogP contribution in [0.3, 0.4) is 0 Å². The van der Waals surface area contributed by atoms with E-state index in [1.54, 1.807) is 18.0 Å². The van der Waals surface area contributed by atoms with E-state index in [1.165, 1.54) is 0 Å². The number of likely N-dealkylation sites (N-methyl/N-ethyl adjacent to an activating group) is 1. The largest absolute Gasteiger partial charge is 1.00 e. The molecule has 0 atom stereocenters. The van der Waals surface area contributed by atoms with E-state index in [4.69, 9.17) is 4.74 Å². The SMILES string of the molecule is CC.COc1ccc(Nc2cc(-c3ccc([N-]CCN(C)C)cc3)cn3ncnc23)nc1C.[K+]. The van der Waals surface area contributed by atoms with E-state index < -0.39 is 0 Å². The Kier molecular flexibility index (Phi) is 11.4. The van der Waals surface area contributed by atoms with Gasteiger partial charge in [0.15, 0.2) is 5.65 Å². The summed E-state index contributed by atoms with van der Waals surface area (Å²) >= 11 is 0. The third kappa shape index (κ3) is 7.24. The van der Waals surface area contributed by atoms with E-state index in [0.29, 0.717) is 0 Å². The predicted molar refractivity (Wildman–Crippen MR) is 135 cm³/mol. The van der Waals surface area contributed by atoms with Crippen LogP contribution in [0, 0.1) is 6.92 Å². The Morgan fingerprint density at radius 3 is 2.44 bits per heavy atom. The Labute approximate surface area is 244 Å². The number of fused-ring (bicyclic) bond motifs is 1. The number of aryl methyl sites for hydroxylation is 1. The van der Waals surface area contributed by atoms with Crippen LogP contribution >= 0.6 is 0 Å². The molecule has 4 aromatic rings. The molecule has 3 heterocycles. The second-order valence-electron chi connectivity index (χ2n) is 7.51. The Bertz CT molecular complexity index is 1180. The average Bonchev–Trinajstić information content (AvgIpc) is 3.30. The van der Waals surface area contributed by atoms with Gasteiger partial charge in [-0.25, -0.2) is 14.5 Å². The summed E-state index contributed by atoms with van der Waals surface area (Å²) in [4.78, 5) is 11.1. The minimum absolute atomic E-state index is 0. The van der Waals surface area contributed by atoms with Gasteiger partial charge in [-0.3, -0.25) is 0 Å². The number of rotatable bonds is 8. The van der Waals surface area contributed by atoms with E-state index in [0.717, 1.165) is 58.5 Å². The molecule has 0 bridgehead atoms. The van der Waals surface area contributed by atoms with Gasteiger partial charge in [-0.1, -0.05) is 38.1 Å². The van der Waals surface area contributed by atoms with Gasteiger partial charge >= 0.3 is 51.4 Å². The molecule has 8 nitrogen and oxygen atoms in total. The van der Waals surface area contributed by atoms with Crippen molar-refractivity contribution >= 4 is 22.8 Å². The normalized spacial score (nSPS) is 10.3. The first-order chi connectivity index (χ1) is 16.0. The van der Waals surface area contributed by atoms with E-state index >= 15 is 0 Å². The van der Waals surface area contributed by atoms with Crippen molar-refractivity contribution in [2.45, 2.75) is 20.8 Å². The Morgan fingerprint density at radius 2 is 1.79 bits per heavy atom. The van der Waals surface area contributed by atoms with Crippen LogP contribution in [-0.4, -0.2) is 58.8 Å². The van der Waals surface area contributed by atoms with Crippen LogP contribution in [0.25, 0.3) is 22.1 Å². The number of benzene rings is 1. The molecule has 0 unspecified atom stereocenters. The number of ether oxygens (including phenoxy) is 1. The van der Waals surface area contributed by atoms with Gasteiger partial charge in [0.1, 0.15) is 17.9 Å². The maximum Gasteiger partial charge on any atom is 1.00 e. The second kappa shape index (κ2) is 13.8. The summed E-state index contributed by atoms with van der Waals surface area (Å²) in [5.74, 6) is 1.47. The van der Waals surface area contributed by atoms with Gasteiger partial charge < -0.3 is 20.3 Å². The molecule has 4 rings (SSSR count). The van der Waals surface area contributed by atoms with Gasteiger partial charge in [0.25, 0.3) is 0 Å². The number of aromatic nitrogens is 4. The van der Waals surface area contributed by atoms with Crippen LogP contribution in [0.15, 0.2) is 55.0 Å². The molecule has 0 spiro atoms. The van der Waals surface area contributed by atoms with Gasteiger partial charge in [-0.2, -0.15) is 5.10 Å². The zero-order chi connectivity index (χ0) is 23.8. The van der Waals surface area contributed by atoms with Crippen molar-refractivity contribution in [3.05, 3.63) is 66.0 Å². The van der Waals surface area contributed by atoms with E-state index in [2.05, 4.69) is 48.8 Å². The summed E-state index contributed by atoms with van der Waals surface area (Å²) in [7, 11) is 5.74. The van der Waals surface area contributed by atoms with Gasteiger partial charge in [0.2, 0.25) is 0 Å². The van der Waals surface area contributed by atoms with Crippen LogP contribution in [0.4, 0.5) is 17.2 Å². The third-order valence-electron chi connectivity index (χ3n) is 4.94. The number of hydrogen-bond donors (Lipinski definition) is 1. The molecule has 0 fully saturated rings. The predicted octanol–water partition coefficient (Wildman–Crippen LogP) is 2.45. The van der Waals surface area contributed by atoms with E-state index in [9.17, 15) is 0 Å². The number of pyridine rings is 2. The van der Waals surface area contributed by atoms with Crippen molar-refractivity contribution < 1.29 is 56.1 Å². The number of nitrogens with zero attached hydrogens (tertiary/aromatic N) is 6. The fourth-order valence-electron chi connectivity index (χ4n) is 3.29. The molecule has 0 aliphatic heterocycles. The minimum atomic E-state index is 0. The number of hydrogen-bond acceptors (Lipinski definition) is 6. The van der Waals surface area contributed by atoms with Gasteiger partial charge in [0, 0.05) is 11.8 Å². The fraction of sp³-hybridized carbons (Fsp3) is 0.320. The molecule has 3 aromatic heterocycles. The average molecular weight is 486 g/mol. The van der Waals surface area contributed by atoms with Crippen molar-refractivity contribution in [2.24, 2.45) is 0 Å². The maximum absolute atomic E-state index is 5.30. The molecule has 0 amide bonds. The molecular formula is C25H32KN7O. The molecule has 0 saturated heterocycles. The maximum atomic E-state index is 5.30. The van der Waals surface area contributed by atoms with Crippen LogP contribution in [0.2, 0.25) is 0 Å². The van der Waals surface area contributed by atoms with Crippen molar-refractivity contribution in [2.75, 3.05) is 39.6 Å². The van der Waals surface area contributed by atoms with Crippen LogP contribution in [-0.2, 0) is 0 Å². The first kappa shape index (κ1) is 28.2. The van der Waals surface area contributed by atoms with Crippen molar-refractivity contribution in [1.82, 2.24) is 24.5 Å². The smallest absolute Gasteiger partial charge is 0.683 e. The Hall–Kier alpha value is -2.01. The van der Waals surface area contributed by atoms with Crippen molar-refractivity contribution in [3.8, 4) is 16.9 Å². The van der Waals surface area contributed by atoms with Crippen molar-refractivity contribution in [3.63, 3.8) is 0 Å². The summed E-state index contributed by atoms with van der Waals surface area (Å²) in [6.07, 6.45) is 3.52. The molecule has 9 heteroatoms. The summed E-state index contributed by atoms with van der Waals surface area (Å²) in [5.41, 5.74) is 5.44. The van der Waals surface area contributed by atoms with Gasteiger partial charge in [-0.05, 0) is 51.3 Å². The zero-order valence-corrected chi connectivity index (χ0v) is 24.3. The summed E-state index contributed by atoms with van der Waals surface area (Å²) < 4.78 is 7.07. The summed E-state index contributed by atoms with van der Waals surface area (Å²) in [5, 5.41) is 12.3. The molecule has 174 valence electrons. The fourth-order valence-corrected chi connectivity index (χ4v) is 3.29. The van der Waals surface area contributed by atoms with Gasteiger partial charge in [-0.15, -0.1) is 12.2 Å². The molecule has 0 aliphatic rings. The van der Waals surface area contributed by atoms with Gasteiger partial charge in [0.05, 0.1) is 18.5 Å². The number of anilines is 2. The monoisotopic (exact) mass is 485 g/mol. The molecule has 0 radical (unpaired) electrons. The molecule has 1 aromatic carbocycles. The Morgan fingerprint density at radius 1 is 1.06 bits per heavy atom. The standard InChI is InChI=1S/C23H26N7O.C2H6.K/c1-16-21(31-4)9-10-22(27-16)28-20-13-18(14-30-23(20)25-15-26-30)17-5-7-19(8-6-17)24-11-12-29(2)3;1-2;/h5-10,13-15H,11-12H2,1-4H3,(H,27,28);1-2H3;/q-1;;+1. The number of nitrogens with one attached hydrogen (secondary N) is 1. The van der Waals surface area contributed by atoms with E-state index in [-0.39, 0.29) is 51.4 Å². The second-order valence-corrected chi connectivity index (χ2v) is 7.51. The Balaban J connectivity index is 0.00000133. The number of methoxy groups -OCH3 is 1. The van der Waals surface area contributed by atoms with Crippen LogP contribution in [0.5, 0.6) is 5.75 Å². The molecule has 34 heavy (non-hydrogen) atoms. The summed E-state index contributed by atoms with van der Waals surface area (Å²) in [6.45, 7) is 7.62. The molecule has 1 N–H and O–H groups in total. The van der Waals surface area contributed by atoms with Crippen LogP contribution < -0.4 is 61.4 Å². The summed E-state index contributed by atoms with van der Waals surface area (Å²) in [6, 6.07) is 14.1. The van der Waals surface area contributed by atoms with Crippen molar-refractivity contribution in [1.29, 1.82) is 0 Å². The topological polar surface area (TPSA) is 81.7 Å². The first-order valence-corrected chi connectivity index (χ1v) is 11.1. The third-order valence-corrected chi connectivity index (χ3v) is 4.94. The minimum Gasteiger partial charge on any atom is -0.683 e. The molecule has 0 aliphatic carbocycles. The molecule has 0 saturated carbocycles. The first-order valence-electron chi connectivity index (χ1n) is 11.1. The quantitative estimate of drug-likeness (QED) is 0.386. The van der Waals surface area contributed by atoms with E-state index in [1.807, 2.05) is 65.3 Å². The van der Waals surface area contributed by atoms with Crippen LogP contribution in [0.1, 0.15) is 19.5 Å². The zero-order valence-electron chi connectivity index (χ0n) is 21.2. The molecular weight excluding hydrogens is 453 g/mol.